The summed E-state index contributed by atoms with van der Waals surface area (Å²) in [5.41, 5.74) is 0.585. The van der Waals surface area contributed by atoms with Crippen molar-refractivity contribution in [3.05, 3.63) is 73.7 Å². The number of halogens is 4. The minimum absolute atomic E-state index is 0. The number of rotatable bonds is 9. The van der Waals surface area contributed by atoms with Gasteiger partial charge < -0.3 is 19.7 Å². The van der Waals surface area contributed by atoms with Gasteiger partial charge in [0.15, 0.2) is 30.2 Å². The third-order valence-corrected chi connectivity index (χ3v) is 5.91. The van der Waals surface area contributed by atoms with Gasteiger partial charge in [-0.1, -0.05) is 29.3 Å². The van der Waals surface area contributed by atoms with Crippen LogP contribution in [0.1, 0.15) is 40.7 Å². The number of aromatic amines is 1. The van der Waals surface area contributed by atoms with E-state index in [-0.39, 0.29) is 32.4 Å². The number of esters is 1. The van der Waals surface area contributed by atoms with Crippen molar-refractivity contribution in [2.75, 3.05) is 7.04 Å². The first-order valence-electron chi connectivity index (χ1n) is 10.3. The number of ether oxygens (including phenoxy) is 3. The molecule has 0 bridgehead atoms. The number of H-pyrrole nitrogens is 1. The minimum Gasteiger partial charge on any atom is -0.870 e. The molecule has 0 radical (unpaired) electrons. The molecule has 0 aliphatic carbocycles. The van der Waals surface area contributed by atoms with Gasteiger partial charge >= 0.3 is 12.6 Å². The molecule has 0 fully saturated rings. The number of nitrogens with one attached hydrogen (secondary N) is 1. The van der Waals surface area contributed by atoms with E-state index < -0.39 is 37.2 Å². The second kappa shape index (κ2) is 11.9. The molecule has 0 unspecified atom stereocenters. The number of carbonyl (C=O) groups is 2. The number of benzene rings is 1. The molecule has 0 saturated heterocycles. The highest BCUT2D eigenvalue weighted by atomic mass is 35.5. The zero-order chi connectivity index (χ0) is 25.8. The van der Waals surface area contributed by atoms with Crippen LogP contribution >= 0.6 is 34.5 Å². The molecular weight excluding hydrogens is 503 g/mol. The van der Waals surface area contributed by atoms with Crippen molar-refractivity contribution in [1.82, 2.24) is 0 Å². The van der Waals surface area contributed by atoms with Crippen molar-refractivity contribution < 1.29 is 47.2 Å². The molecule has 2 N–H and O–H groups in total. The van der Waals surface area contributed by atoms with Crippen LogP contribution in [0, 0.1) is 0 Å². The van der Waals surface area contributed by atoms with Gasteiger partial charge in [-0.2, -0.15) is 8.78 Å². The molecule has 2 aromatic heterocycles. The predicted octanol–water partition coefficient (Wildman–Crippen LogP) is 5.26. The first-order chi connectivity index (χ1) is 16.5. The average molecular weight is 523 g/mol. The summed E-state index contributed by atoms with van der Waals surface area (Å²) in [6.07, 6.45) is 2.33. The predicted molar refractivity (Wildman–Crippen MR) is 116 cm³/mol. The van der Waals surface area contributed by atoms with Gasteiger partial charge in [-0.25, -0.2) is 9.78 Å². The number of hydrogen-bond donors (Lipinski definition) is 0. The highest BCUT2D eigenvalue weighted by Crippen LogP contribution is 2.36. The van der Waals surface area contributed by atoms with E-state index >= 15 is 0 Å². The zero-order valence-electron chi connectivity index (χ0n) is 19.4. The first kappa shape index (κ1) is 22.0. The number of carbonyl (C=O) groups excluding carboxylic acids is 2. The molecule has 2 heterocycles. The van der Waals surface area contributed by atoms with E-state index in [2.05, 4.69) is 9.72 Å². The van der Waals surface area contributed by atoms with Crippen LogP contribution in [0.5, 0.6) is 11.5 Å². The van der Waals surface area contributed by atoms with E-state index in [1.165, 1.54) is 30.6 Å². The molecule has 33 heavy (non-hydrogen) atoms. The van der Waals surface area contributed by atoms with E-state index in [1.807, 2.05) is 0 Å². The second-order valence-corrected chi connectivity index (χ2v) is 8.16. The molecule has 0 saturated carbocycles. The van der Waals surface area contributed by atoms with Crippen LogP contribution in [0.3, 0.4) is 0 Å². The number of pyridine rings is 1. The van der Waals surface area contributed by atoms with Crippen LogP contribution in [-0.4, -0.2) is 31.4 Å². The van der Waals surface area contributed by atoms with Crippen LogP contribution in [-0.2, 0) is 11.2 Å². The van der Waals surface area contributed by atoms with Crippen LogP contribution in [0.2, 0.25) is 10.0 Å². The normalized spacial score (nSPS) is 13.2. The Hall–Kier alpha value is -2.79. The monoisotopic (exact) mass is 522 g/mol. The Morgan fingerprint density at radius 2 is 1.94 bits per heavy atom. The van der Waals surface area contributed by atoms with Gasteiger partial charge in [0.25, 0.3) is 0 Å². The number of thiophene rings is 1. The Morgan fingerprint density at radius 3 is 2.55 bits per heavy atom. The van der Waals surface area contributed by atoms with Crippen molar-refractivity contribution >= 4 is 46.8 Å². The maximum atomic E-state index is 12.8. The Balaban J connectivity index is 0.00000456. The maximum absolute atomic E-state index is 12.8. The largest absolute Gasteiger partial charge is 0.870 e. The SMILES string of the molecule is [2H]C([2H])([2H])Oc1cc([C@H](Cc2c(Cl)c[nH+]cc2Cl)OC(=O)c2ccc(C=O)s2)ccc1OC(F)F.[OH-]. The van der Waals surface area contributed by atoms with E-state index in [1.54, 1.807) is 0 Å². The first-order valence-corrected chi connectivity index (χ1v) is 10.4. The summed E-state index contributed by atoms with van der Waals surface area (Å²) < 4.78 is 62.4. The Morgan fingerprint density at radius 1 is 1.21 bits per heavy atom. The molecule has 176 valence electrons. The van der Waals surface area contributed by atoms with Gasteiger partial charge in [-0.3, -0.25) is 4.79 Å². The van der Waals surface area contributed by atoms with E-state index in [0.717, 1.165) is 23.5 Å². The third-order valence-electron chi connectivity index (χ3n) is 4.25. The molecule has 0 aliphatic rings. The average Bonchev–Trinajstić information content (AvgIpc) is 3.25. The molecule has 7 nitrogen and oxygen atoms in total. The number of alkyl halides is 2. The Kier molecular flexibility index (Phi) is 7.94. The summed E-state index contributed by atoms with van der Waals surface area (Å²) in [5, 5.41) is 0.462. The summed E-state index contributed by atoms with van der Waals surface area (Å²) >= 11 is 13.4. The number of hydrogen-bond acceptors (Lipinski definition) is 7. The molecule has 1 aromatic carbocycles. The number of aldehydes is 1. The number of methoxy groups -OCH3 is 1. The fourth-order valence-electron chi connectivity index (χ4n) is 2.80. The van der Waals surface area contributed by atoms with Crippen molar-refractivity contribution in [3.63, 3.8) is 0 Å². The highest BCUT2D eigenvalue weighted by Gasteiger charge is 2.25. The van der Waals surface area contributed by atoms with Crippen LogP contribution < -0.4 is 14.5 Å². The molecular formula is C21H17Cl2F2NO6S. The topological polar surface area (TPSA) is 106 Å². The molecule has 12 heteroatoms. The molecule has 0 spiro atoms. The van der Waals surface area contributed by atoms with E-state index in [9.17, 15) is 18.4 Å². The summed E-state index contributed by atoms with van der Waals surface area (Å²) in [6.45, 7) is -3.24. The van der Waals surface area contributed by atoms with Gasteiger partial charge in [-0.05, 0) is 29.8 Å². The van der Waals surface area contributed by atoms with Gasteiger partial charge in [0.1, 0.15) is 21.0 Å². The molecule has 0 amide bonds. The summed E-state index contributed by atoms with van der Waals surface area (Å²) in [7, 11) is -2.98. The van der Waals surface area contributed by atoms with E-state index in [4.69, 9.17) is 36.8 Å². The van der Waals surface area contributed by atoms with E-state index in [0.29, 0.717) is 16.7 Å². The van der Waals surface area contributed by atoms with Crippen LogP contribution in [0.15, 0.2) is 42.7 Å². The van der Waals surface area contributed by atoms with Crippen molar-refractivity contribution in [1.29, 1.82) is 0 Å². The van der Waals surface area contributed by atoms with Crippen molar-refractivity contribution in [3.8, 4) is 11.5 Å². The lowest BCUT2D eigenvalue weighted by atomic mass is 10.0. The fourth-order valence-corrected chi connectivity index (χ4v) is 4.03. The third kappa shape index (κ3) is 6.61. The van der Waals surface area contributed by atoms with Gasteiger partial charge in [0.05, 0.1) is 16.0 Å². The Labute approximate surface area is 205 Å². The zero-order valence-corrected chi connectivity index (χ0v) is 18.7. The number of aromatic nitrogens is 1. The quantitative estimate of drug-likeness (QED) is 0.280. The van der Waals surface area contributed by atoms with Crippen molar-refractivity contribution in [2.45, 2.75) is 19.1 Å². The highest BCUT2D eigenvalue weighted by molar-refractivity contribution is 7.15. The molecule has 0 aliphatic heterocycles. The lowest BCUT2D eigenvalue weighted by Gasteiger charge is -2.20. The van der Waals surface area contributed by atoms with Crippen LogP contribution in [0.25, 0.3) is 0 Å². The molecule has 3 aromatic rings. The smallest absolute Gasteiger partial charge is 0.387 e. The minimum atomic E-state index is -3.24. The van der Waals surface area contributed by atoms with Crippen molar-refractivity contribution in [2.24, 2.45) is 0 Å². The molecule has 3 rings (SSSR count). The molecule has 1 atom stereocenters. The summed E-state index contributed by atoms with van der Waals surface area (Å²) in [5.74, 6) is -1.82. The second-order valence-electron chi connectivity index (χ2n) is 6.23. The summed E-state index contributed by atoms with van der Waals surface area (Å²) in [4.78, 5) is 26.9. The van der Waals surface area contributed by atoms with Gasteiger partial charge in [-0.15, -0.1) is 11.3 Å². The lowest BCUT2D eigenvalue weighted by molar-refractivity contribution is -0.377. The van der Waals surface area contributed by atoms with Crippen LogP contribution in [0.4, 0.5) is 8.78 Å². The maximum Gasteiger partial charge on any atom is 0.387 e. The van der Waals surface area contributed by atoms with Gasteiger partial charge in [0.2, 0.25) is 0 Å². The van der Waals surface area contributed by atoms with Gasteiger partial charge in [0, 0.05) is 12.0 Å². The summed E-state index contributed by atoms with van der Waals surface area (Å²) in [6, 6.07) is 6.35. The standard InChI is InChI=1S/C21H15Cl2F2NO5S.H2O/c1-29-18-6-11(2-4-16(18)31-21(24)25)17(7-13-14(22)8-26-9-15(13)23)30-20(28)19-5-3-12(10-27)32-19;/h2-6,8-10,17,21H,7H2,1H3;1H2/t17-;/m0./s1/i1D3;. The fraction of sp³-hybridized carbons (Fsp3) is 0.190. The Bertz CT molecular complexity index is 1210. The lowest BCUT2D eigenvalue weighted by Crippen LogP contribution is -2.15.